The molecule has 0 bridgehead atoms. The number of halogens is 4. The number of guanidine groups is 1. The lowest BCUT2D eigenvalue weighted by Crippen LogP contribution is -2.38. The van der Waals surface area contributed by atoms with E-state index < -0.39 is 12.8 Å². The third kappa shape index (κ3) is 9.62. The quantitative estimate of drug-likeness (QED) is 0.247. The summed E-state index contributed by atoms with van der Waals surface area (Å²) < 4.78 is 46.4. The van der Waals surface area contributed by atoms with Crippen LogP contribution in [0.15, 0.2) is 53.7 Å². The zero-order valence-electron chi connectivity index (χ0n) is 15.2. The highest BCUT2D eigenvalue weighted by Gasteiger charge is 2.28. The molecule has 0 spiro atoms. The lowest BCUT2D eigenvalue weighted by molar-refractivity contribution is -0.154. The second-order valence-electron chi connectivity index (χ2n) is 5.42. The molecule has 1 heterocycles. The van der Waals surface area contributed by atoms with Crippen LogP contribution in [-0.2, 0) is 6.54 Å². The molecule has 0 aliphatic carbocycles. The maximum atomic E-state index is 12.1. The molecule has 1 aromatic carbocycles. The Hall–Kier alpha value is -2.24. The molecule has 10 heteroatoms. The van der Waals surface area contributed by atoms with Crippen molar-refractivity contribution in [3.63, 3.8) is 0 Å². The summed E-state index contributed by atoms with van der Waals surface area (Å²) in [6, 6.07) is 12.5. The summed E-state index contributed by atoms with van der Waals surface area (Å²) in [6.45, 7) is 0.0690. The number of pyridine rings is 1. The first-order valence-corrected chi connectivity index (χ1v) is 8.23. The van der Waals surface area contributed by atoms with Gasteiger partial charge < -0.3 is 20.1 Å². The van der Waals surface area contributed by atoms with Crippen molar-refractivity contribution in [1.29, 1.82) is 0 Å². The summed E-state index contributed by atoms with van der Waals surface area (Å²) in [6.07, 6.45) is -2.94. The van der Waals surface area contributed by atoms with Crippen LogP contribution in [0, 0.1) is 0 Å². The van der Waals surface area contributed by atoms with Gasteiger partial charge in [-0.2, -0.15) is 13.2 Å². The molecule has 0 saturated heterocycles. The van der Waals surface area contributed by atoms with Crippen molar-refractivity contribution < 1.29 is 22.6 Å². The number of aromatic nitrogens is 1. The van der Waals surface area contributed by atoms with E-state index in [1.807, 2.05) is 30.3 Å². The molecule has 0 amide bonds. The number of nitrogens with one attached hydrogen (secondary N) is 2. The molecule has 2 rings (SSSR count). The predicted octanol–water partition coefficient (Wildman–Crippen LogP) is 3.38. The van der Waals surface area contributed by atoms with E-state index in [1.165, 1.54) is 12.3 Å². The van der Waals surface area contributed by atoms with Crippen LogP contribution in [0.4, 0.5) is 13.2 Å². The molecule has 0 radical (unpaired) electrons. The number of nitrogens with zero attached hydrogens (tertiary/aromatic N) is 2. The van der Waals surface area contributed by atoms with Gasteiger partial charge in [0.1, 0.15) is 12.4 Å². The lowest BCUT2D eigenvalue weighted by atomic mass is 10.3. The van der Waals surface area contributed by atoms with Crippen molar-refractivity contribution in [3.05, 3.63) is 54.2 Å². The lowest BCUT2D eigenvalue weighted by Gasteiger charge is -2.13. The van der Waals surface area contributed by atoms with E-state index in [4.69, 9.17) is 4.74 Å². The molecule has 154 valence electrons. The van der Waals surface area contributed by atoms with Crippen LogP contribution < -0.4 is 20.1 Å². The van der Waals surface area contributed by atoms with E-state index >= 15 is 0 Å². The number of para-hydroxylation sites is 1. The number of aliphatic imine (C=N–C) groups is 1. The summed E-state index contributed by atoms with van der Waals surface area (Å²) in [7, 11) is 1.64. The third-order valence-corrected chi connectivity index (χ3v) is 3.27. The minimum Gasteiger partial charge on any atom is -0.492 e. The van der Waals surface area contributed by atoms with Gasteiger partial charge in [-0.1, -0.05) is 24.3 Å². The Labute approximate surface area is 178 Å². The topological polar surface area (TPSA) is 67.8 Å². The van der Waals surface area contributed by atoms with E-state index in [1.54, 1.807) is 13.1 Å². The van der Waals surface area contributed by atoms with E-state index in [-0.39, 0.29) is 29.9 Å². The Kier molecular flexibility index (Phi) is 10.4. The maximum Gasteiger partial charge on any atom is 0.422 e. The van der Waals surface area contributed by atoms with E-state index in [2.05, 4.69) is 25.3 Å². The molecule has 2 aromatic rings. The summed E-state index contributed by atoms with van der Waals surface area (Å²) in [5.74, 6) is 1.29. The Morgan fingerprint density at radius 1 is 1.07 bits per heavy atom. The first-order valence-electron chi connectivity index (χ1n) is 8.23. The molecule has 2 N–H and O–H groups in total. The minimum absolute atomic E-state index is 0. The monoisotopic (exact) mass is 510 g/mol. The maximum absolute atomic E-state index is 12.1. The molecule has 0 fully saturated rings. The predicted molar refractivity (Wildman–Crippen MR) is 111 cm³/mol. The van der Waals surface area contributed by atoms with Gasteiger partial charge in [0, 0.05) is 25.9 Å². The molecule has 28 heavy (non-hydrogen) atoms. The Balaban J connectivity index is 0.00000392. The zero-order valence-corrected chi connectivity index (χ0v) is 17.5. The van der Waals surface area contributed by atoms with E-state index in [0.717, 1.165) is 11.3 Å². The Morgan fingerprint density at radius 3 is 2.43 bits per heavy atom. The van der Waals surface area contributed by atoms with Crippen LogP contribution in [0.3, 0.4) is 0 Å². The van der Waals surface area contributed by atoms with Crippen LogP contribution >= 0.6 is 24.0 Å². The molecule has 0 aliphatic heterocycles. The largest absolute Gasteiger partial charge is 0.492 e. The number of benzene rings is 1. The van der Waals surface area contributed by atoms with Gasteiger partial charge in [0.05, 0.1) is 6.54 Å². The first-order chi connectivity index (χ1) is 13.0. The fourth-order valence-corrected chi connectivity index (χ4v) is 2.02. The highest BCUT2D eigenvalue weighted by atomic mass is 127. The number of alkyl halides is 3. The number of ether oxygens (including phenoxy) is 2. The second kappa shape index (κ2) is 12.3. The van der Waals surface area contributed by atoms with Gasteiger partial charge in [0.2, 0.25) is 5.88 Å². The molecule has 0 atom stereocenters. The standard InChI is InChI=1S/C18H21F3N4O2.HI/c1-22-17(23-9-10-26-15-5-3-2-4-6-15)25-12-14-7-8-16(24-11-14)27-13-18(19,20)21;/h2-8,11H,9-10,12-13H2,1H3,(H2,22,23,25);1H. The number of rotatable bonds is 8. The zero-order chi connectivity index (χ0) is 19.5. The summed E-state index contributed by atoms with van der Waals surface area (Å²) in [5.41, 5.74) is 0.776. The van der Waals surface area contributed by atoms with Crippen LogP contribution in [0.5, 0.6) is 11.6 Å². The van der Waals surface area contributed by atoms with Gasteiger partial charge in [-0.05, 0) is 17.7 Å². The highest BCUT2D eigenvalue weighted by molar-refractivity contribution is 14.0. The fraction of sp³-hybridized carbons (Fsp3) is 0.333. The average Bonchev–Trinajstić information content (AvgIpc) is 2.67. The van der Waals surface area contributed by atoms with Gasteiger partial charge in [0.25, 0.3) is 0 Å². The molecule has 6 nitrogen and oxygen atoms in total. The van der Waals surface area contributed by atoms with Crippen molar-refractivity contribution in [3.8, 4) is 11.6 Å². The molecular weight excluding hydrogens is 488 g/mol. The molecule has 0 aliphatic rings. The average molecular weight is 510 g/mol. The Morgan fingerprint density at radius 2 is 1.82 bits per heavy atom. The molecular formula is C18H22F3IN4O2. The van der Waals surface area contributed by atoms with E-state index in [0.29, 0.717) is 25.7 Å². The molecule has 0 unspecified atom stereocenters. The highest BCUT2D eigenvalue weighted by Crippen LogP contribution is 2.17. The summed E-state index contributed by atoms with van der Waals surface area (Å²) >= 11 is 0. The van der Waals surface area contributed by atoms with Crippen LogP contribution in [0.2, 0.25) is 0 Å². The third-order valence-electron chi connectivity index (χ3n) is 3.27. The van der Waals surface area contributed by atoms with Crippen LogP contribution in [-0.4, -0.2) is 43.9 Å². The molecule has 1 aromatic heterocycles. The van der Waals surface area contributed by atoms with Crippen molar-refractivity contribution in [1.82, 2.24) is 15.6 Å². The number of hydrogen-bond donors (Lipinski definition) is 2. The smallest absolute Gasteiger partial charge is 0.422 e. The van der Waals surface area contributed by atoms with Crippen molar-refractivity contribution in [2.45, 2.75) is 12.7 Å². The normalized spacial score (nSPS) is 11.4. The van der Waals surface area contributed by atoms with E-state index in [9.17, 15) is 13.2 Å². The first kappa shape index (κ1) is 23.8. The SMILES string of the molecule is CN=C(NCCOc1ccccc1)NCc1ccc(OCC(F)(F)F)nc1.I. The van der Waals surface area contributed by atoms with Gasteiger partial charge in [-0.3, -0.25) is 4.99 Å². The second-order valence-corrected chi connectivity index (χ2v) is 5.42. The summed E-state index contributed by atoms with van der Waals surface area (Å²) in [4.78, 5) is 7.94. The van der Waals surface area contributed by atoms with Gasteiger partial charge in [-0.15, -0.1) is 24.0 Å². The molecule has 0 saturated carbocycles. The minimum atomic E-state index is -4.38. The summed E-state index contributed by atoms with van der Waals surface area (Å²) in [5, 5.41) is 6.18. The Bertz CT molecular complexity index is 713. The van der Waals surface area contributed by atoms with Crippen LogP contribution in [0.25, 0.3) is 0 Å². The van der Waals surface area contributed by atoms with Crippen LogP contribution in [0.1, 0.15) is 5.56 Å². The fourth-order valence-electron chi connectivity index (χ4n) is 2.02. The van der Waals surface area contributed by atoms with Gasteiger partial charge in [0.15, 0.2) is 12.6 Å². The van der Waals surface area contributed by atoms with Crippen molar-refractivity contribution in [2.24, 2.45) is 4.99 Å². The van der Waals surface area contributed by atoms with Crippen molar-refractivity contribution in [2.75, 3.05) is 26.8 Å². The van der Waals surface area contributed by atoms with Gasteiger partial charge >= 0.3 is 6.18 Å². The van der Waals surface area contributed by atoms with Gasteiger partial charge in [-0.25, -0.2) is 4.98 Å². The number of hydrogen-bond acceptors (Lipinski definition) is 4. The van der Waals surface area contributed by atoms with Crippen molar-refractivity contribution >= 4 is 29.9 Å².